The van der Waals surface area contributed by atoms with Gasteiger partial charge < -0.3 is 10.2 Å². The van der Waals surface area contributed by atoms with Gasteiger partial charge in [0.1, 0.15) is 5.82 Å². The Morgan fingerprint density at radius 2 is 2.28 bits per heavy atom. The Balaban J connectivity index is 1.68. The Labute approximate surface area is 117 Å². The van der Waals surface area contributed by atoms with E-state index in [1.54, 1.807) is 0 Å². The summed E-state index contributed by atoms with van der Waals surface area (Å²) in [4.78, 5) is 7.10. The minimum atomic E-state index is 0.579. The van der Waals surface area contributed by atoms with Crippen molar-refractivity contribution in [3.8, 4) is 0 Å². The summed E-state index contributed by atoms with van der Waals surface area (Å²) in [6.45, 7) is 4.66. The van der Waals surface area contributed by atoms with E-state index in [1.807, 2.05) is 12.3 Å². The number of pyridine rings is 1. The number of rotatable bonds is 2. The van der Waals surface area contributed by atoms with Crippen LogP contribution in [-0.4, -0.2) is 35.1 Å². The summed E-state index contributed by atoms with van der Waals surface area (Å²) >= 11 is 3.63. The van der Waals surface area contributed by atoms with Crippen LogP contribution in [-0.2, 0) is 0 Å². The molecule has 3 nitrogen and oxygen atoms in total. The van der Waals surface area contributed by atoms with Crippen molar-refractivity contribution in [1.82, 2.24) is 9.88 Å². The molecule has 0 aromatic carbocycles. The third-order valence-electron chi connectivity index (χ3n) is 4.24. The van der Waals surface area contributed by atoms with Crippen LogP contribution >= 0.6 is 15.9 Å². The Hall–Kier alpha value is -0.610. The van der Waals surface area contributed by atoms with Gasteiger partial charge in [-0.05, 0) is 66.7 Å². The number of hydrogen-bond donors (Lipinski definition) is 1. The number of piperidine rings is 1. The number of nitrogens with zero attached hydrogens (tertiary/aromatic N) is 2. The molecule has 0 spiro atoms. The van der Waals surface area contributed by atoms with Crippen LogP contribution in [0.1, 0.15) is 31.2 Å². The van der Waals surface area contributed by atoms with E-state index < -0.39 is 0 Å². The second-order valence-corrected chi connectivity index (χ2v) is 6.28. The number of anilines is 1. The van der Waals surface area contributed by atoms with Crippen molar-refractivity contribution < 1.29 is 0 Å². The highest BCUT2D eigenvalue weighted by molar-refractivity contribution is 9.10. The molecule has 18 heavy (non-hydrogen) atoms. The maximum atomic E-state index is 4.45. The molecule has 2 aliphatic rings. The van der Waals surface area contributed by atoms with E-state index in [1.165, 1.54) is 44.3 Å². The lowest BCUT2D eigenvalue weighted by Gasteiger charge is -2.35. The molecule has 3 rings (SSSR count). The summed E-state index contributed by atoms with van der Waals surface area (Å²) in [6.07, 6.45) is 7.14. The first-order valence-corrected chi connectivity index (χ1v) is 7.65. The summed E-state index contributed by atoms with van der Waals surface area (Å²) in [5.74, 6) is 1.01. The van der Waals surface area contributed by atoms with E-state index in [-0.39, 0.29) is 0 Å². The molecule has 98 valence electrons. The van der Waals surface area contributed by atoms with Crippen LogP contribution < -0.4 is 5.32 Å². The van der Waals surface area contributed by atoms with Gasteiger partial charge in [0, 0.05) is 24.8 Å². The molecule has 1 aromatic rings. The Bertz CT molecular complexity index is 435. The molecule has 2 aliphatic heterocycles. The largest absolute Gasteiger partial charge is 0.366 e. The lowest BCUT2D eigenvalue weighted by molar-refractivity contribution is 0.188. The lowest BCUT2D eigenvalue weighted by atomic mass is 9.97. The highest BCUT2D eigenvalue weighted by Gasteiger charge is 2.31. The van der Waals surface area contributed by atoms with Gasteiger partial charge in [0.05, 0.1) is 4.47 Å². The number of hydrogen-bond acceptors (Lipinski definition) is 3. The molecule has 2 atom stereocenters. The Morgan fingerprint density at radius 3 is 3.17 bits per heavy atom. The normalized spacial score (nSPS) is 28.1. The van der Waals surface area contributed by atoms with Gasteiger partial charge in [0.15, 0.2) is 0 Å². The Morgan fingerprint density at radius 1 is 1.39 bits per heavy atom. The molecule has 1 N–H and O–H groups in total. The Kier molecular flexibility index (Phi) is 3.57. The molecule has 0 radical (unpaired) electrons. The smallest absolute Gasteiger partial charge is 0.140 e. The molecule has 3 heterocycles. The number of aromatic nitrogens is 1. The van der Waals surface area contributed by atoms with E-state index in [0.29, 0.717) is 6.04 Å². The van der Waals surface area contributed by atoms with Gasteiger partial charge in [-0.1, -0.05) is 0 Å². The average Bonchev–Trinajstić information content (AvgIpc) is 2.82. The van der Waals surface area contributed by atoms with E-state index in [2.05, 4.69) is 38.1 Å². The van der Waals surface area contributed by atoms with Gasteiger partial charge in [-0.25, -0.2) is 4.98 Å². The predicted molar refractivity (Wildman–Crippen MR) is 77.9 cm³/mol. The fraction of sp³-hybridized carbons (Fsp3) is 0.643. The van der Waals surface area contributed by atoms with Crippen molar-refractivity contribution in [3.05, 3.63) is 22.3 Å². The first-order valence-electron chi connectivity index (χ1n) is 6.86. The van der Waals surface area contributed by atoms with Crippen LogP contribution in [0, 0.1) is 6.92 Å². The van der Waals surface area contributed by atoms with Gasteiger partial charge in [0.2, 0.25) is 0 Å². The number of nitrogens with one attached hydrogen (secondary N) is 1. The number of fused-ring (bicyclic) bond motifs is 1. The fourth-order valence-electron chi connectivity index (χ4n) is 3.19. The van der Waals surface area contributed by atoms with Crippen LogP contribution in [0.3, 0.4) is 0 Å². The zero-order valence-electron chi connectivity index (χ0n) is 10.8. The van der Waals surface area contributed by atoms with Gasteiger partial charge in [0.25, 0.3) is 0 Å². The van der Waals surface area contributed by atoms with Crippen molar-refractivity contribution >= 4 is 21.7 Å². The van der Waals surface area contributed by atoms with Crippen molar-refractivity contribution in [2.24, 2.45) is 0 Å². The molecule has 0 aliphatic carbocycles. The summed E-state index contributed by atoms with van der Waals surface area (Å²) in [7, 11) is 0. The number of halogens is 1. The maximum absolute atomic E-state index is 4.45. The first-order chi connectivity index (χ1) is 8.74. The molecule has 4 heteroatoms. The van der Waals surface area contributed by atoms with Gasteiger partial charge in [-0.3, -0.25) is 0 Å². The van der Waals surface area contributed by atoms with Crippen molar-refractivity contribution in [3.63, 3.8) is 0 Å². The molecule has 1 aromatic heterocycles. The van der Waals surface area contributed by atoms with E-state index in [4.69, 9.17) is 0 Å². The second-order valence-electron chi connectivity index (χ2n) is 5.49. The van der Waals surface area contributed by atoms with Gasteiger partial charge >= 0.3 is 0 Å². The van der Waals surface area contributed by atoms with Crippen LogP contribution in [0.25, 0.3) is 0 Å². The van der Waals surface area contributed by atoms with Crippen LogP contribution in [0.4, 0.5) is 5.82 Å². The fourth-order valence-corrected chi connectivity index (χ4v) is 3.54. The standard InChI is InChI=1S/C14H20BrN3/c1-10-4-6-16-14(13(10)15)17-11-5-8-18-7-2-3-12(18)9-11/h4,6,11-12H,2-3,5,7-9H2,1H3,(H,16,17). The minimum absolute atomic E-state index is 0.579. The zero-order valence-corrected chi connectivity index (χ0v) is 12.4. The average molecular weight is 310 g/mol. The minimum Gasteiger partial charge on any atom is -0.366 e. The lowest BCUT2D eigenvalue weighted by Crippen LogP contribution is -2.42. The quantitative estimate of drug-likeness (QED) is 0.909. The van der Waals surface area contributed by atoms with E-state index in [9.17, 15) is 0 Å². The molecule has 2 fully saturated rings. The molecule has 0 amide bonds. The highest BCUT2D eigenvalue weighted by Crippen LogP contribution is 2.30. The maximum Gasteiger partial charge on any atom is 0.140 e. The molecule has 0 bridgehead atoms. The van der Waals surface area contributed by atoms with Crippen LogP contribution in [0.15, 0.2) is 16.7 Å². The van der Waals surface area contributed by atoms with Gasteiger partial charge in [-0.2, -0.15) is 0 Å². The third kappa shape index (κ3) is 2.41. The monoisotopic (exact) mass is 309 g/mol. The summed E-state index contributed by atoms with van der Waals surface area (Å²) in [5, 5.41) is 3.62. The first kappa shape index (κ1) is 12.4. The summed E-state index contributed by atoms with van der Waals surface area (Å²) in [5.41, 5.74) is 1.24. The van der Waals surface area contributed by atoms with Crippen LogP contribution in [0.2, 0.25) is 0 Å². The van der Waals surface area contributed by atoms with Gasteiger partial charge in [-0.15, -0.1) is 0 Å². The molecular weight excluding hydrogens is 290 g/mol. The van der Waals surface area contributed by atoms with E-state index >= 15 is 0 Å². The van der Waals surface area contributed by atoms with E-state index in [0.717, 1.165) is 16.3 Å². The highest BCUT2D eigenvalue weighted by atomic mass is 79.9. The molecule has 2 unspecified atom stereocenters. The zero-order chi connectivity index (χ0) is 12.5. The summed E-state index contributed by atoms with van der Waals surface area (Å²) in [6, 6.07) is 3.42. The molecular formula is C14H20BrN3. The topological polar surface area (TPSA) is 28.2 Å². The summed E-state index contributed by atoms with van der Waals surface area (Å²) < 4.78 is 1.11. The number of aryl methyl sites for hydroxylation is 1. The molecule has 0 saturated carbocycles. The van der Waals surface area contributed by atoms with Crippen LogP contribution in [0.5, 0.6) is 0 Å². The third-order valence-corrected chi connectivity index (χ3v) is 5.24. The SMILES string of the molecule is Cc1ccnc(NC2CCN3CCCC3C2)c1Br. The predicted octanol–water partition coefficient (Wildman–Crippen LogP) is 3.19. The van der Waals surface area contributed by atoms with Crippen molar-refractivity contribution in [2.45, 2.75) is 44.7 Å². The van der Waals surface area contributed by atoms with Crippen molar-refractivity contribution in [1.29, 1.82) is 0 Å². The second kappa shape index (κ2) is 5.17. The molecule has 2 saturated heterocycles. The van der Waals surface area contributed by atoms with Crippen molar-refractivity contribution in [2.75, 3.05) is 18.4 Å².